The molecule has 0 radical (unpaired) electrons. The van der Waals surface area contributed by atoms with E-state index < -0.39 is 5.60 Å². The molecule has 0 amide bonds. The molecule has 14 heavy (non-hydrogen) atoms. The number of H-pyrrole nitrogens is 1. The molecule has 0 aromatic carbocycles. The lowest BCUT2D eigenvalue weighted by Crippen LogP contribution is -2.55. The highest BCUT2D eigenvalue weighted by Crippen LogP contribution is 2.20. The van der Waals surface area contributed by atoms with Crippen molar-refractivity contribution in [2.45, 2.75) is 45.4 Å². The van der Waals surface area contributed by atoms with Crippen molar-refractivity contribution in [1.29, 1.82) is 0 Å². The van der Waals surface area contributed by atoms with Crippen LogP contribution in [0.4, 0.5) is 0 Å². The van der Waals surface area contributed by atoms with E-state index in [2.05, 4.69) is 10.3 Å². The van der Waals surface area contributed by atoms with Gasteiger partial charge in [-0.2, -0.15) is 0 Å². The standard InChI is InChI=1S/C11H20N2O/c1-10(2,11(3,4)14)13-8-9-6-5-7-12-9/h5-7,12-14H,8H2,1-4H3. The molecule has 0 fully saturated rings. The van der Waals surface area contributed by atoms with Gasteiger partial charge in [0.1, 0.15) is 0 Å². The fraction of sp³-hybridized carbons (Fsp3) is 0.636. The van der Waals surface area contributed by atoms with Crippen molar-refractivity contribution in [2.75, 3.05) is 0 Å². The molecule has 1 rings (SSSR count). The molecule has 0 aliphatic heterocycles. The lowest BCUT2D eigenvalue weighted by atomic mass is 9.86. The Balaban J connectivity index is 2.53. The maximum absolute atomic E-state index is 9.90. The van der Waals surface area contributed by atoms with Gasteiger partial charge in [-0.15, -0.1) is 0 Å². The molecule has 3 nitrogen and oxygen atoms in total. The second-order valence-corrected chi connectivity index (χ2v) is 4.73. The highest BCUT2D eigenvalue weighted by atomic mass is 16.3. The molecule has 1 aromatic heterocycles. The van der Waals surface area contributed by atoms with Crippen LogP contribution in [-0.4, -0.2) is 21.2 Å². The zero-order chi connectivity index (χ0) is 10.8. The second-order valence-electron chi connectivity index (χ2n) is 4.73. The molecule has 80 valence electrons. The number of nitrogens with one attached hydrogen (secondary N) is 2. The normalized spacial score (nSPS) is 13.2. The van der Waals surface area contributed by atoms with Crippen LogP contribution in [-0.2, 0) is 6.54 Å². The highest BCUT2D eigenvalue weighted by Gasteiger charge is 2.34. The molecule has 0 saturated heterocycles. The zero-order valence-corrected chi connectivity index (χ0v) is 9.39. The number of aromatic nitrogens is 1. The quantitative estimate of drug-likeness (QED) is 0.686. The summed E-state index contributed by atoms with van der Waals surface area (Å²) in [5.74, 6) is 0. The van der Waals surface area contributed by atoms with Gasteiger partial charge in [-0.1, -0.05) is 0 Å². The van der Waals surface area contributed by atoms with Gasteiger partial charge in [-0.25, -0.2) is 0 Å². The first kappa shape index (κ1) is 11.3. The highest BCUT2D eigenvalue weighted by molar-refractivity contribution is 5.05. The Morgan fingerprint density at radius 3 is 2.43 bits per heavy atom. The molecule has 0 spiro atoms. The van der Waals surface area contributed by atoms with E-state index in [4.69, 9.17) is 0 Å². The SMILES string of the molecule is CC(C)(O)C(C)(C)NCc1ccc[nH]1. The Labute approximate surface area is 85.5 Å². The molecule has 0 aliphatic rings. The minimum atomic E-state index is -0.737. The van der Waals surface area contributed by atoms with Crippen molar-refractivity contribution in [2.24, 2.45) is 0 Å². The first-order valence-electron chi connectivity index (χ1n) is 4.92. The van der Waals surface area contributed by atoms with E-state index in [1.807, 2.05) is 46.0 Å². The van der Waals surface area contributed by atoms with Crippen LogP contribution in [0, 0.1) is 0 Å². The number of hydrogen-bond donors (Lipinski definition) is 3. The third-order valence-electron chi connectivity index (χ3n) is 2.91. The summed E-state index contributed by atoms with van der Waals surface area (Å²) in [7, 11) is 0. The van der Waals surface area contributed by atoms with Gasteiger partial charge < -0.3 is 15.4 Å². The molecular formula is C11H20N2O. The van der Waals surface area contributed by atoms with Crippen LogP contribution in [0.15, 0.2) is 18.3 Å². The summed E-state index contributed by atoms with van der Waals surface area (Å²) in [4.78, 5) is 3.12. The minimum absolute atomic E-state index is 0.307. The van der Waals surface area contributed by atoms with Crippen molar-refractivity contribution in [3.05, 3.63) is 24.0 Å². The van der Waals surface area contributed by atoms with Crippen LogP contribution < -0.4 is 5.32 Å². The van der Waals surface area contributed by atoms with Crippen LogP contribution in [0.2, 0.25) is 0 Å². The predicted octanol–water partition coefficient (Wildman–Crippen LogP) is 1.65. The Kier molecular flexibility index (Phi) is 3.02. The Morgan fingerprint density at radius 1 is 1.36 bits per heavy atom. The van der Waals surface area contributed by atoms with Crippen LogP contribution in [0.3, 0.4) is 0 Å². The van der Waals surface area contributed by atoms with E-state index in [1.165, 1.54) is 0 Å². The molecule has 0 saturated carbocycles. The predicted molar refractivity (Wildman–Crippen MR) is 58.0 cm³/mol. The van der Waals surface area contributed by atoms with E-state index in [1.54, 1.807) is 0 Å². The van der Waals surface area contributed by atoms with Crippen LogP contribution in [0.25, 0.3) is 0 Å². The summed E-state index contributed by atoms with van der Waals surface area (Å²) in [6, 6.07) is 3.99. The van der Waals surface area contributed by atoms with Gasteiger partial charge in [-0.05, 0) is 39.8 Å². The van der Waals surface area contributed by atoms with Crippen molar-refractivity contribution in [3.8, 4) is 0 Å². The van der Waals surface area contributed by atoms with E-state index in [0.717, 1.165) is 12.2 Å². The van der Waals surface area contributed by atoms with Crippen molar-refractivity contribution in [1.82, 2.24) is 10.3 Å². The molecule has 0 aliphatic carbocycles. The molecule has 0 unspecified atom stereocenters. The third kappa shape index (κ3) is 2.59. The molecule has 0 atom stereocenters. The second kappa shape index (κ2) is 3.75. The first-order chi connectivity index (χ1) is 6.33. The Bertz CT molecular complexity index is 270. The zero-order valence-electron chi connectivity index (χ0n) is 9.39. The maximum Gasteiger partial charge on any atom is 0.0767 e. The smallest absolute Gasteiger partial charge is 0.0767 e. The van der Waals surface area contributed by atoms with E-state index in [9.17, 15) is 5.11 Å². The van der Waals surface area contributed by atoms with E-state index in [-0.39, 0.29) is 5.54 Å². The van der Waals surface area contributed by atoms with Crippen LogP contribution in [0.5, 0.6) is 0 Å². The summed E-state index contributed by atoms with van der Waals surface area (Å²) >= 11 is 0. The maximum atomic E-state index is 9.90. The third-order valence-corrected chi connectivity index (χ3v) is 2.91. The average molecular weight is 196 g/mol. The van der Waals surface area contributed by atoms with Crippen LogP contribution >= 0.6 is 0 Å². The Morgan fingerprint density at radius 2 is 2.00 bits per heavy atom. The summed E-state index contributed by atoms with van der Waals surface area (Å²) in [5, 5.41) is 13.2. The molecule has 3 heteroatoms. The van der Waals surface area contributed by atoms with Crippen LogP contribution in [0.1, 0.15) is 33.4 Å². The van der Waals surface area contributed by atoms with Crippen molar-refractivity contribution < 1.29 is 5.11 Å². The fourth-order valence-electron chi connectivity index (χ4n) is 1.01. The van der Waals surface area contributed by atoms with Gasteiger partial charge in [0, 0.05) is 24.0 Å². The van der Waals surface area contributed by atoms with Gasteiger partial charge in [0.2, 0.25) is 0 Å². The lowest BCUT2D eigenvalue weighted by Gasteiger charge is -2.38. The average Bonchev–Trinajstić information content (AvgIpc) is 2.50. The Hall–Kier alpha value is -0.800. The summed E-state index contributed by atoms with van der Waals surface area (Å²) < 4.78 is 0. The summed E-state index contributed by atoms with van der Waals surface area (Å²) in [6.45, 7) is 8.36. The largest absolute Gasteiger partial charge is 0.389 e. The number of hydrogen-bond acceptors (Lipinski definition) is 2. The number of rotatable bonds is 4. The summed E-state index contributed by atoms with van der Waals surface area (Å²) in [6.07, 6.45) is 1.90. The molecule has 1 heterocycles. The van der Waals surface area contributed by atoms with Gasteiger partial charge in [-0.3, -0.25) is 0 Å². The number of aliphatic hydroxyl groups is 1. The van der Waals surface area contributed by atoms with Gasteiger partial charge >= 0.3 is 0 Å². The van der Waals surface area contributed by atoms with Gasteiger partial charge in [0.05, 0.1) is 5.60 Å². The van der Waals surface area contributed by atoms with Gasteiger partial charge in [0.25, 0.3) is 0 Å². The van der Waals surface area contributed by atoms with E-state index in [0.29, 0.717) is 0 Å². The monoisotopic (exact) mass is 196 g/mol. The fourth-order valence-corrected chi connectivity index (χ4v) is 1.01. The molecule has 0 bridgehead atoms. The lowest BCUT2D eigenvalue weighted by molar-refractivity contribution is -0.00543. The molecule has 1 aromatic rings. The summed E-state index contributed by atoms with van der Waals surface area (Å²) in [5.41, 5.74) is 0.0832. The van der Waals surface area contributed by atoms with Crippen molar-refractivity contribution in [3.63, 3.8) is 0 Å². The van der Waals surface area contributed by atoms with Gasteiger partial charge in [0.15, 0.2) is 0 Å². The number of aromatic amines is 1. The minimum Gasteiger partial charge on any atom is -0.389 e. The van der Waals surface area contributed by atoms with E-state index >= 15 is 0 Å². The molecular weight excluding hydrogens is 176 g/mol. The molecule has 3 N–H and O–H groups in total. The van der Waals surface area contributed by atoms with Crippen molar-refractivity contribution >= 4 is 0 Å². The topological polar surface area (TPSA) is 48.0 Å². The first-order valence-corrected chi connectivity index (χ1v) is 4.92.